The Labute approximate surface area is 747 Å². The molecule has 5 saturated heterocycles. The van der Waals surface area contributed by atoms with Crippen LogP contribution in [0.4, 0.5) is 28.4 Å². The standard InChI is InChI=1S/C17H27N4O3PS.C16H25N4O3PS.C15H22ClN4O3P.C15H22IN4O3P.C15H23N4O3PS/c1-5-26-17-20-12-10(18)6-8-19-15(12)21(17)16-14(23)13(22)11(24-16)7-9-25(2,3)4;1-24(2,3)8-6-10-12(21)13(22)15(23-10)20-14-11(19-16(20)25-4)9(17)5-7-18-14;2*1-24(2,3)7-5-9-11(21)12(22)14(23-9)20-13-10(19-15(20)16)8(17)4-6-18-13;1-23(2,3)7-5-9-11(20)12(21)14(22-9)19-13-10(18-15(19)24)8(16)4-6-17-13/h6,8,11,13-14,16,22-23H,2,5,7,9H2,1,3-4H3,(H2,18,19);5,7,10,12-13,15,21-22H,1,6,8H2,2-4H3,(H2,17,18);2*4,6,9,11-12,14,21-22H,1,5,7H2,2-3H3,(H2,17,18);4,6,9,11-12,14,20-21H,1,5,7H2,2-3H3,(H2,16,17)(H,18,24)/t11-,13-,14-,16-;10-,12-,13-,15-;3*9-,11-,12-,14-/m11111/s1. The van der Waals surface area contributed by atoms with E-state index >= 15 is 0 Å². The average Bonchev–Trinajstić information content (AvgIpc) is 1.59. The summed E-state index contributed by atoms with van der Waals surface area (Å²) < 4.78 is 39.1. The van der Waals surface area contributed by atoms with E-state index in [2.05, 4.69) is 171 Å². The van der Waals surface area contributed by atoms with Crippen molar-refractivity contribution in [3.05, 3.63) is 75.2 Å². The SMILES string of the molecule is C=P(C)(C)CC[C@H]1O[C@@H](n2c(=S)[nH]c3c(N)ccnc32)[C@H](O)[C@@H]1O.C=P(C)(C)CC[C@H]1O[C@@H](n2c(Cl)nc3c(N)ccnc32)[C@H](O)[C@@H]1O.C=P(C)(C)CC[C@H]1O[C@@H](n2c(I)nc3c(N)ccnc32)[C@H](O)[C@@H]1O.C=P(C)(C)CC[C@H]1O[C@@H](n2c(SC)nc3c(N)ccnc32)[C@H](O)[C@@H]1O.C=P(C)(C)CC[C@H]1O[C@@H](n2c(SCC)nc3c(N)ccnc32)[C@H](O)[C@@H]1O. The zero-order valence-corrected chi connectivity index (χ0v) is 80.8. The lowest BCUT2D eigenvalue weighted by Crippen LogP contribution is -2.32. The Bertz CT molecular complexity index is 5590. The Balaban J connectivity index is 0.000000150. The number of aromatic amines is 1. The number of ether oxygens (including phenoxy) is 5. The lowest BCUT2D eigenvalue weighted by Gasteiger charge is -2.19. The summed E-state index contributed by atoms with van der Waals surface area (Å²) in [6.45, 7) is 17.2. The number of aliphatic hydroxyl groups excluding tert-OH is 10. The van der Waals surface area contributed by atoms with E-state index in [4.69, 9.17) is 76.2 Å². The van der Waals surface area contributed by atoms with E-state index in [1.54, 1.807) is 73.4 Å². The van der Waals surface area contributed by atoms with Crippen molar-refractivity contribution in [3.8, 4) is 0 Å². The molecule has 15 rings (SSSR count). The first-order valence-electron chi connectivity index (χ1n) is 39.8. The first-order valence-corrected chi connectivity index (χ1v) is 59.1. The minimum Gasteiger partial charge on any atom is -0.397 e. The van der Waals surface area contributed by atoms with Gasteiger partial charge in [0, 0.05) is 53.6 Å². The molecule has 0 unspecified atom stereocenters. The molecule has 0 saturated carbocycles. The summed E-state index contributed by atoms with van der Waals surface area (Å²) >= 11 is 16.5. The molecule has 45 heteroatoms. The molecule has 0 aromatic carbocycles. The molecule has 5 aliphatic heterocycles. The highest BCUT2D eigenvalue weighted by molar-refractivity contribution is 14.1. The van der Waals surface area contributed by atoms with Gasteiger partial charge in [0.2, 0.25) is 5.28 Å². The molecule has 0 spiro atoms. The second kappa shape index (κ2) is 40.1. The number of pyridine rings is 5. The fourth-order valence-corrected chi connectivity index (χ4v) is 22.2. The van der Waals surface area contributed by atoms with Crippen LogP contribution in [-0.4, -0.2) is 356 Å². The van der Waals surface area contributed by atoms with Gasteiger partial charge in [0.25, 0.3) is 0 Å². The normalized spacial score (nSPS) is 27.5. The smallest absolute Gasteiger partial charge is 0.207 e. The van der Waals surface area contributed by atoms with Gasteiger partial charge in [-0.05, 0) is 196 Å². The van der Waals surface area contributed by atoms with Gasteiger partial charge in [-0.1, -0.05) is 30.4 Å². The summed E-state index contributed by atoms with van der Waals surface area (Å²) in [5.41, 5.74) is 37.7. The van der Waals surface area contributed by atoms with Gasteiger partial charge in [0.05, 0.1) is 59.0 Å². The van der Waals surface area contributed by atoms with Crippen molar-refractivity contribution in [2.75, 3.05) is 138 Å². The van der Waals surface area contributed by atoms with Crippen LogP contribution in [0.3, 0.4) is 0 Å². The number of halogens is 2. The molecule has 5 aliphatic rings. The minimum atomic E-state index is -1.25. The number of hydrogen-bond acceptors (Lipinski definition) is 32. The molecule has 123 heavy (non-hydrogen) atoms. The summed E-state index contributed by atoms with van der Waals surface area (Å²) in [4.78, 5) is 42.3. The van der Waals surface area contributed by atoms with Crippen LogP contribution in [0.15, 0.2) is 71.6 Å². The third-order valence-electron chi connectivity index (χ3n) is 21.4. The predicted octanol–water partition coefficient (Wildman–Crippen LogP) is 7.41. The summed E-state index contributed by atoms with van der Waals surface area (Å²) in [6, 6.07) is 8.36. The molecular weight excluding hydrogens is 1870 g/mol. The summed E-state index contributed by atoms with van der Waals surface area (Å²) in [6.07, 6.45) is 22.0. The van der Waals surface area contributed by atoms with E-state index in [1.165, 1.54) is 34.3 Å². The maximum absolute atomic E-state index is 10.7. The van der Waals surface area contributed by atoms with Gasteiger partial charge in [-0.3, -0.25) is 22.8 Å². The zero-order chi connectivity index (χ0) is 90.4. The maximum Gasteiger partial charge on any atom is 0.207 e. The number of thioether (sulfide) groups is 2. The minimum absolute atomic E-state index is 0.109. The number of nitrogens with two attached hydrogens (primary N) is 5. The maximum atomic E-state index is 10.7. The molecular formula is C78H119ClIN20O15P5S3. The van der Waals surface area contributed by atoms with Crippen molar-refractivity contribution in [1.29, 1.82) is 0 Å². The molecule has 0 radical (unpaired) electrons. The molecule has 10 aromatic rings. The van der Waals surface area contributed by atoms with Crippen LogP contribution in [0.1, 0.15) is 70.2 Å². The van der Waals surface area contributed by atoms with E-state index in [9.17, 15) is 51.1 Å². The van der Waals surface area contributed by atoms with Gasteiger partial charge in [0.15, 0.2) is 78.3 Å². The van der Waals surface area contributed by atoms with Gasteiger partial charge in [0.1, 0.15) is 88.6 Å². The number of anilines is 5. The number of fused-ring (bicyclic) bond motifs is 5. The molecule has 5 fully saturated rings. The van der Waals surface area contributed by atoms with Gasteiger partial charge in [-0.15, -0.1) is 65.9 Å². The third kappa shape index (κ3) is 22.9. The van der Waals surface area contributed by atoms with Crippen LogP contribution in [-0.2, 0) is 23.7 Å². The highest BCUT2D eigenvalue weighted by Gasteiger charge is 2.50. The van der Waals surface area contributed by atoms with E-state index in [0.717, 1.165) is 36.6 Å². The second-order valence-electron chi connectivity index (χ2n) is 34.8. The number of nitrogens with one attached hydrogen (secondary N) is 1. The molecule has 15 heterocycles. The fourth-order valence-electron chi connectivity index (χ4n) is 14.8. The predicted molar refractivity (Wildman–Crippen MR) is 519 cm³/mol. The Morgan fingerprint density at radius 3 is 1.01 bits per heavy atom. The quantitative estimate of drug-likeness (QED) is 0.0128. The number of hydrogen-bond donors (Lipinski definition) is 16. The Morgan fingerprint density at radius 2 is 0.675 bits per heavy atom. The van der Waals surface area contributed by atoms with Crippen LogP contribution in [0.5, 0.6) is 0 Å². The monoisotopic (exact) mass is 1990 g/mol. The lowest BCUT2D eigenvalue weighted by atomic mass is 10.1. The van der Waals surface area contributed by atoms with E-state index in [-0.39, 0.29) is 5.28 Å². The Kier molecular flexibility index (Phi) is 32.1. The number of H-pyrrole nitrogens is 1. The number of aliphatic hydroxyl groups is 10. The highest BCUT2D eigenvalue weighted by Crippen LogP contribution is 2.48. The van der Waals surface area contributed by atoms with Crippen LogP contribution in [0.2, 0.25) is 5.28 Å². The molecule has 0 amide bonds. The van der Waals surface area contributed by atoms with Gasteiger partial charge in [-0.25, -0.2) is 44.9 Å². The molecule has 0 aliphatic carbocycles. The topological polar surface area (TPSA) is 535 Å². The highest BCUT2D eigenvalue weighted by atomic mass is 127. The summed E-state index contributed by atoms with van der Waals surface area (Å²) in [5, 5.41) is 106. The van der Waals surface area contributed by atoms with Crippen LogP contribution < -0.4 is 28.7 Å². The van der Waals surface area contributed by atoms with Crippen LogP contribution in [0.25, 0.3) is 55.8 Å². The average molecular weight is 1990 g/mol. The number of aromatic nitrogens is 15. The lowest BCUT2D eigenvalue weighted by molar-refractivity contribution is -0.0400. The summed E-state index contributed by atoms with van der Waals surface area (Å²) in [5.74, 6) is 0.804. The van der Waals surface area contributed by atoms with Crippen molar-refractivity contribution in [3.63, 3.8) is 0 Å². The van der Waals surface area contributed by atoms with Crippen molar-refractivity contribution in [2.45, 2.75) is 172 Å². The number of rotatable bonds is 23. The molecule has 0 bridgehead atoms. The van der Waals surface area contributed by atoms with Crippen LogP contribution in [0, 0.1) is 8.60 Å². The van der Waals surface area contributed by atoms with Crippen LogP contribution >= 0.6 is 104 Å². The van der Waals surface area contributed by atoms with Gasteiger partial charge in [-0.2, -0.15) is 0 Å². The van der Waals surface area contributed by atoms with E-state index in [1.807, 2.05) is 13.2 Å². The number of nitrogen functional groups attached to an aromatic ring is 5. The largest absolute Gasteiger partial charge is 0.397 e. The first kappa shape index (κ1) is 98.5. The molecule has 10 aromatic heterocycles. The van der Waals surface area contributed by atoms with Crippen molar-refractivity contribution in [2.24, 2.45) is 0 Å². The number of imidazole rings is 5. The second-order valence-corrected chi connectivity index (χ2v) is 60.1. The van der Waals surface area contributed by atoms with Crippen molar-refractivity contribution < 1.29 is 74.7 Å². The van der Waals surface area contributed by atoms with E-state index in [0.29, 0.717) is 135 Å². The fraction of sp³-hybridized carbons (Fsp3) is 0.551. The molecule has 678 valence electrons. The molecule has 21 N–H and O–H groups in total. The molecule has 20 atom stereocenters. The van der Waals surface area contributed by atoms with Crippen molar-refractivity contribution >= 4 is 220 Å². The first-order chi connectivity index (χ1) is 57.5. The Hall–Kier alpha value is -5.06. The third-order valence-corrected chi connectivity index (χ3v) is 31.6. The van der Waals surface area contributed by atoms with Crippen molar-refractivity contribution in [1.82, 2.24) is 72.7 Å². The molecule has 35 nitrogen and oxygen atoms in total. The van der Waals surface area contributed by atoms with E-state index < -0.39 is 157 Å². The Morgan fingerprint density at radius 1 is 0.407 bits per heavy atom. The number of nitrogens with zero attached hydrogens (tertiary/aromatic N) is 14. The van der Waals surface area contributed by atoms with Gasteiger partial charge < -0.3 is 108 Å². The summed E-state index contributed by atoms with van der Waals surface area (Å²) in [7, 11) is 0. The van der Waals surface area contributed by atoms with Gasteiger partial charge >= 0.3 is 0 Å². The zero-order valence-electron chi connectivity index (χ0n) is 71.0.